The van der Waals surface area contributed by atoms with Gasteiger partial charge in [-0.05, 0) is 86.6 Å². The van der Waals surface area contributed by atoms with Crippen LogP contribution in [0.25, 0.3) is 0 Å². The zero-order valence-corrected chi connectivity index (χ0v) is 31.1. The lowest BCUT2D eigenvalue weighted by atomic mass is 9.84. The van der Waals surface area contributed by atoms with Gasteiger partial charge in [-0.25, -0.2) is 0 Å². The number of unbranched alkanes of at least 4 members (excludes halogenated alkanes) is 4. The molecule has 0 aromatic heterocycles. The maximum atomic E-state index is 7.24. The van der Waals surface area contributed by atoms with Crippen molar-refractivity contribution in [2.75, 3.05) is 46.2 Å². The number of ether oxygens (including phenoxy) is 7. The van der Waals surface area contributed by atoms with E-state index in [0.29, 0.717) is 52.2 Å². The minimum atomic E-state index is -0.322. The average Bonchev–Trinajstić information content (AvgIpc) is 3.83. The molecule has 3 aliphatic rings. The Morgan fingerprint density at radius 3 is 2.00 bits per heavy atom. The van der Waals surface area contributed by atoms with Crippen LogP contribution in [0.1, 0.15) is 139 Å². The highest BCUT2D eigenvalue weighted by Crippen LogP contribution is 2.52. The quantitative estimate of drug-likeness (QED) is 0.108. The first-order valence-electron chi connectivity index (χ1n) is 19.7. The van der Waals surface area contributed by atoms with Crippen molar-refractivity contribution < 1.29 is 33.2 Å². The lowest BCUT2D eigenvalue weighted by molar-refractivity contribution is -0.268. The molecular formula is C42H64O7. The summed E-state index contributed by atoms with van der Waals surface area (Å²) in [6, 6.07) is 11.0. The van der Waals surface area contributed by atoms with Crippen LogP contribution in [0.5, 0.6) is 11.5 Å². The summed E-state index contributed by atoms with van der Waals surface area (Å²) in [7, 11) is 0. The lowest BCUT2D eigenvalue weighted by Gasteiger charge is -2.47. The Hall–Kier alpha value is -2.16. The highest BCUT2D eigenvalue weighted by molar-refractivity contribution is 5.57. The third kappa shape index (κ3) is 10.2. The summed E-state index contributed by atoms with van der Waals surface area (Å²) in [4.78, 5) is 0. The molecule has 2 heterocycles. The van der Waals surface area contributed by atoms with Crippen molar-refractivity contribution in [3.63, 3.8) is 0 Å². The SMILES string of the molecule is CCCCOC[C@H]1OC(c2cc(Cc3ccc(OCC)cc3)c(C3CC3)c3c2CCO3)[C@H](OCCCC)[C@@H](OCCCC)[C@@H]1OCCCC. The minimum Gasteiger partial charge on any atom is -0.494 e. The summed E-state index contributed by atoms with van der Waals surface area (Å²) in [5.41, 5.74) is 6.48. The number of benzene rings is 2. The highest BCUT2D eigenvalue weighted by Gasteiger charge is 2.50. The first-order chi connectivity index (χ1) is 24.1. The number of fused-ring (bicyclic) bond motifs is 1. The summed E-state index contributed by atoms with van der Waals surface area (Å²) in [5.74, 6) is 2.56. The van der Waals surface area contributed by atoms with Gasteiger partial charge in [0.15, 0.2) is 0 Å². The van der Waals surface area contributed by atoms with Crippen LogP contribution >= 0.6 is 0 Å². The van der Waals surface area contributed by atoms with Gasteiger partial charge in [0.25, 0.3) is 0 Å². The molecule has 0 radical (unpaired) electrons. The van der Waals surface area contributed by atoms with Crippen LogP contribution < -0.4 is 9.47 Å². The van der Waals surface area contributed by atoms with E-state index in [1.807, 2.05) is 6.92 Å². The molecule has 2 aliphatic heterocycles. The van der Waals surface area contributed by atoms with Crippen LogP contribution in [0.2, 0.25) is 0 Å². The van der Waals surface area contributed by atoms with Crippen LogP contribution in [0.3, 0.4) is 0 Å². The van der Waals surface area contributed by atoms with Crippen molar-refractivity contribution >= 4 is 0 Å². The van der Waals surface area contributed by atoms with Crippen molar-refractivity contribution in [2.24, 2.45) is 0 Å². The molecule has 7 nitrogen and oxygen atoms in total. The number of hydrogen-bond acceptors (Lipinski definition) is 7. The van der Waals surface area contributed by atoms with Gasteiger partial charge in [-0.2, -0.15) is 0 Å². The van der Waals surface area contributed by atoms with Crippen molar-refractivity contribution in [3.8, 4) is 11.5 Å². The Bertz CT molecular complexity index is 1240. The van der Waals surface area contributed by atoms with Crippen molar-refractivity contribution in [1.29, 1.82) is 0 Å². The van der Waals surface area contributed by atoms with E-state index in [1.54, 1.807) is 0 Å². The van der Waals surface area contributed by atoms with Crippen LogP contribution in [-0.2, 0) is 36.5 Å². The van der Waals surface area contributed by atoms with Gasteiger partial charge < -0.3 is 33.2 Å². The predicted octanol–water partition coefficient (Wildman–Crippen LogP) is 9.30. The molecule has 5 rings (SSSR count). The van der Waals surface area contributed by atoms with E-state index < -0.39 is 0 Å². The Morgan fingerprint density at radius 1 is 0.735 bits per heavy atom. The molecule has 49 heavy (non-hydrogen) atoms. The topological polar surface area (TPSA) is 64.6 Å². The Balaban J connectivity index is 1.56. The summed E-state index contributed by atoms with van der Waals surface area (Å²) in [5, 5.41) is 0. The van der Waals surface area contributed by atoms with Crippen LogP contribution in [0, 0.1) is 0 Å². The summed E-state index contributed by atoms with van der Waals surface area (Å²) in [6.07, 6.45) is 11.0. The van der Waals surface area contributed by atoms with Crippen molar-refractivity contribution in [2.45, 2.75) is 148 Å². The molecule has 2 fully saturated rings. The maximum Gasteiger partial charge on any atom is 0.126 e. The van der Waals surface area contributed by atoms with Gasteiger partial charge in [0.1, 0.15) is 42.0 Å². The third-order valence-corrected chi connectivity index (χ3v) is 10.0. The van der Waals surface area contributed by atoms with Crippen molar-refractivity contribution in [1.82, 2.24) is 0 Å². The molecule has 1 unspecified atom stereocenters. The van der Waals surface area contributed by atoms with Crippen molar-refractivity contribution in [3.05, 3.63) is 58.1 Å². The van der Waals surface area contributed by atoms with Crippen LogP contribution in [0.15, 0.2) is 30.3 Å². The highest BCUT2D eigenvalue weighted by atomic mass is 16.6. The Kier molecular flexibility index (Phi) is 15.6. The normalized spacial score (nSPS) is 23.4. The minimum absolute atomic E-state index is 0.269. The zero-order chi connectivity index (χ0) is 34.4. The van der Waals surface area contributed by atoms with Crippen LogP contribution in [-0.4, -0.2) is 70.7 Å². The average molecular weight is 681 g/mol. The van der Waals surface area contributed by atoms with E-state index in [1.165, 1.54) is 40.7 Å². The van der Waals surface area contributed by atoms with Gasteiger partial charge >= 0.3 is 0 Å². The fourth-order valence-corrected chi connectivity index (χ4v) is 7.19. The van der Waals surface area contributed by atoms with E-state index in [2.05, 4.69) is 58.0 Å². The van der Waals surface area contributed by atoms with E-state index >= 15 is 0 Å². The predicted molar refractivity (Wildman–Crippen MR) is 195 cm³/mol. The fraction of sp³-hybridized carbons (Fsp3) is 0.714. The van der Waals surface area contributed by atoms with Gasteiger partial charge in [-0.15, -0.1) is 0 Å². The lowest BCUT2D eigenvalue weighted by Crippen LogP contribution is -2.58. The fourth-order valence-electron chi connectivity index (χ4n) is 7.19. The first-order valence-corrected chi connectivity index (χ1v) is 19.7. The molecule has 0 bridgehead atoms. The molecule has 5 atom stereocenters. The zero-order valence-electron chi connectivity index (χ0n) is 31.1. The Morgan fingerprint density at radius 2 is 1.37 bits per heavy atom. The second-order valence-electron chi connectivity index (χ2n) is 14.1. The summed E-state index contributed by atoms with van der Waals surface area (Å²) < 4.78 is 46.2. The molecule has 1 saturated carbocycles. The largest absolute Gasteiger partial charge is 0.494 e. The first kappa shape index (κ1) is 38.1. The molecule has 0 spiro atoms. The van der Waals surface area contributed by atoms with E-state index in [4.69, 9.17) is 33.2 Å². The second kappa shape index (κ2) is 20.0. The smallest absolute Gasteiger partial charge is 0.126 e. The van der Waals surface area contributed by atoms with Gasteiger partial charge in [0.05, 0.1) is 19.8 Å². The van der Waals surface area contributed by atoms with E-state index in [0.717, 1.165) is 75.7 Å². The number of hydrogen-bond donors (Lipinski definition) is 0. The molecule has 274 valence electrons. The Labute approximate surface area is 296 Å². The summed E-state index contributed by atoms with van der Waals surface area (Å²) in [6.45, 7) is 15.4. The molecule has 0 amide bonds. The van der Waals surface area contributed by atoms with E-state index in [9.17, 15) is 0 Å². The molecule has 1 saturated heterocycles. The standard InChI is InChI=1S/C42H64O7/c1-6-11-22-43-29-36-40(45-23-12-7-2)42(47-25-14-9-4)41(46-24-13-8-3)39(49-36)35-28-32(27-30-15-19-33(20-16-30)44-10-5)37(31-17-18-31)38-34(35)21-26-48-38/h15-16,19-20,28,31,36,39-42H,6-14,17-18,21-27,29H2,1-5H3/t36-,39?,40-,41+,42+/m1/s1. The third-order valence-electron chi connectivity index (χ3n) is 10.0. The second-order valence-corrected chi connectivity index (χ2v) is 14.1. The maximum absolute atomic E-state index is 7.24. The monoisotopic (exact) mass is 680 g/mol. The molecule has 7 heteroatoms. The van der Waals surface area contributed by atoms with Crippen LogP contribution in [0.4, 0.5) is 0 Å². The molecule has 2 aromatic carbocycles. The summed E-state index contributed by atoms with van der Waals surface area (Å²) >= 11 is 0. The number of rotatable bonds is 23. The van der Waals surface area contributed by atoms with Gasteiger partial charge in [-0.3, -0.25) is 0 Å². The molecule has 2 aromatic rings. The molecule has 0 N–H and O–H groups in total. The molecular weight excluding hydrogens is 616 g/mol. The van der Waals surface area contributed by atoms with Gasteiger partial charge in [0.2, 0.25) is 0 Å². The van der Waals surface area contributed by atoms with Gasteiger partial charge in [-0.1, -0.05) is 71.6 Å². The molecule has 1 aliphatic carbocycles. The van der Waals surface area contributed by atoms with E-state index in [-0.39, 0.29) is 30.5 Å². The van der Waals surface area contributed by atoms with Gasteiger partial charge in [0, 0.05) is 44.0 Å².